The molecule has 1 aliphatic carbocycles. The van der Waals surface area contributed by atoms with Gasteiger partial charge in [0.1, 0.15) is 55.1 Å². The Hall–Kier alpha value is -4.08. The van der Waals surface area contributed by atoms with Gasteiger partial charge in [0.05, 0.1) is 18.3 Å². The zero-order chi connectivity index (χ0) is 32.4. The number of phenolic OH excluding ortho intramolecular Hbond substituents is 1. The van der Waals surface area contributed by atoms with Crippen LogP contribution in [0.5, 0.6) is 5.75 Å². The Morgan fingerprint density at radius 3 is 2.20 bits per heavy atom. The van der Waals surface area contributed by atoms with Gasteiger partial charge in [-0.25, -0.2) is 9.59 Å². The normalized spacial score (nSPS) is 36.2. The Kier molecular flexibility index (Phi) is 9.25. The molecule has 46 heavy (non-hydrogen) atoms. The van der Waals surface area contributed by atoms with Gasteiger partial charge < -0.3 is 54.0 Å². The highest BCUT2D eigenvalue weighted by Crippen LogP contribution is 2.60. The van der Waals surface area contributed by atoms with E-state index >= 15 is 0 Å². The number of aliphatic hydroxyl groups is 4. The van der Waals surface area contributed by atoms with Crippen LogP contribution in [0.1, 0.15) is 11.1 Å². The number of rotatable bonds is 10. The Bertz CT molecular complexity index is 1470. The molecule has 13 heteroatoms. The van der Waals surface area contributed by atoms with Crippen LogP contribution in [0.4, 0.5) is 0 Å². The van der Waals surface area contributed by atoms with Gasteiger partial charge in [0, 0.05) is 18.1 Å². The molecule has 2 saturated heterocycles. The first-order valence-corrected chi connectivity index (χ1v) is 14.7. The van der Waals surface area contributed by atoms with E-state index in [4.69, 9.17) is 28.4 Å². The molecule has 4 aliphatic rings. The quantitative estimate of drug-likeness (QED) is 0.138. The summed E-state index contributed by atoms with van der Waals surface area (Å²) in [5, 5.41) is 52.1. The number of phenols is 1. The minimum atomic E-state index is -1.73. The van der Waals surface area contributed by atoms with Crippen molar-refractivity contribution in [3.8, 4) is 5.75 Å². The largest absolute Gasteiger partial charge is 0.508 e. The molecule has 0 spiro atoms. The maximum atomic E-state index is 12.5. The molecule has 3 aliphatic heterocycles. The van der Waals surface area contributed by atoms with Crippen molar-refractivity contribution in [2.75, 3.05) is 13.2 Å². The summed E-state index contributed by atoms with van der Waals surface area (Å²) in [7, 11) is 0. The van der Waals surface area contributed by atoms with Gasteiger partial charge >= 0.3 is 11.9 Å². The van der Waals surface area contributed by atoms with Gasteiger partial charge in [-0.05, 0) is 41.5 Å². The summed E-state index contributed by atoms with van der Waals surface area (Å²) in [5.41, 5.74) is 0.295. The number of hydrogen-bond acceptors (Lipinski definition) is 13. The molecular weight excluding hydrogens is 604 g/mol. The molecule has 2 aromatic carbocycles. The first kappa shape index (κ1) is 31.9. The van der Waals surface area contributed by atoms with Gasteiger partial charge in [0.25, 0.3) is 0 Å². The Balaban J connectivity index is 1.08. The highest BCUT2D eigenvalue weighted by atomic mass is 16.8. The lowest BCUT2D eigenvalue weighted by Gasteiger charge is -2.43. The minimum Gasteiger partial charge on any atom is -0.508 e. The molecule has 3 heterocycles. The van der Waals surface area contributed by atoms with Crippen molar-refractivity contribution in [2.45, 2.75) is 54.8 Å². The fraction of sp³-hybridized carbons (Fsp3) is 0.394. The van der Waals surface area contributed by atoms with Gasteiger partial charge in [-0.3, -0.25) is 0 Å². The van der Waals surface area contributed by atoms with E-state index in [1.807, 2.05) is 30.3 Å². The van der Waals surface area contributed by atoms with Gasteiger partial charge in [-0.2, -0.15) is 0 Å². The van der Waals surface area contributed by atoms with E-state index in [1.54, 1.807) is 24.3 Å². The second kappa shape index (κ2) is 13.3. The fourth-order valence-corrected chi connectivity index (χ4v) is 6.06. The van der Waals surface area contributed by atoms with Gasteiger partial charge in [-0.1, -0.05) is 42.5 Å². The number of esters is 2. The van der Waals surface area contributed by atoms with Crippen LogP contribution >= 0.6 is 0 Å². The zero-order valence-electron chi connectivity index (χ0n) is 24.4. The topological polar surface area (TPSA) is 194 Å². The van der Waals surface area contributed by atoms with Gasteiger partial charge in [0.2, 0.25) is 6.29 Å². The highest BCUT2D eigenvalue weighted by molar-refractivity contribution is 5.87. The number of epoxide rings is 1. The van der Waals surface area contributed by atoms with E-state index in [1.165, 1.54) is 30.5 Å². The van der Waals surface area contributed by atoms with E-state index in [-0.39, 0.29) is 12.4 Å². The number of fused-ring (bicyclic) bond motifs is 3. The number of hydrogen-bond donors (Lipinski definition) is 5. The molecule has 244 valence electrons. The Labute approximate surface area is 263 Å². The third-order valence-electron chi connectivity index (χ3n) is 8.54. The van der Waals surface area contributed by atoms with Crippen LogP contribution in [0, 0.1) is 11.8 Å². The lowest BCUT2D eigenvalue weighted by Crippen LogP contribution is -2.60. The molecule has 3 fully saturated rings. The summed E-state index contributed by atoms with van der Waals surface area (Å²) in [6, 6.07) is 15.3. The zero-order valence-corrected chi connectivity index (χ0v) is 24.4. The molecule has 11 unspecified atom stereocenters. The van der Waals surface area contributed by atoms with Crippen molar-refractivity contribution >= 4 is 24.1 Å². The molecule has 0 radical (unpaired) electrons. The predicted molar refractivity (Wildman–Crippen MR) is 157 cm³/mol. The third-order valence-corrected chi connectivity index (χ3v) is 8.54. The lowest BCUT2D eigenvalue weighted by atomic mass is 9.85. The number of aliphatic hydroxyl groups excluding tert-OH is 4. The Morgan fingerprint density at radius 2 is 1.48 bits per heavy atom. The van der Waals surface area contributed by atoms with Crippen LogP contribution in [0.3, 0.4) is 0 Å². The van der Waals surface area contributed by atoms with E-state index in [0.29, 0.717) is 5.56 Å². The molecule has 0 amide bonds. The van der Waals surface area contributed by atoms with Gasteiger partial charge in [0.15, 0.2) is 6.29 Å². The van der Waals surface area contributed by atoms with Crippen LogP contribution < -0.4 is 0 Å². The maximum Gasteiger partial charge on any atom is 0.330 e. The molecule has 13 nitrogen and oxygen atoms in total. The average molecular weight is 639 g/mol. The Morgan fingerprint density at radius 1 is 0.804 bits per heavy atom. The molecule has 2 aromatic rings. The third kappa shape index (κ3) is 6.57. The molecule has 5 N–H and O–H groups in total. The summed E-state index contributed by atoms with van der Waals surface area (Å²) in [4.78, 5) is 24.8. The standard InChI is InChI=1S/C33H34O13/c34-20-10-6-19(7-11-20)9-12-23(35)42-16-22-27(38)28(39)29(40)32(44-22)45-31-25-21(14-15-41-31)26(37)30-33(25,46-30)17-43-24(36)13-8-18-4-2-1-3-5-18/h1-15,21-22,25-32,34,37-40H,16-17H2. The number of benzene rings is 2. The highest BCUT2D eigenvalue weighted by Gasteiger charge is 2.76. The predicted octanol–water partition coefficient (Wildman–Crippen LogP) is 0.644. The number of carbonyl (C=O) groups is 2. The van der Waals surface area contributed by atoms with E-state index < -0.39 is 85.2 Å². The van der Waals surface area contributed by atoms with E-state index in [0.717, 1.165) is 11.6 Å². The van der Waals surface area contributed by atoms with Gasteiger partial charge in [-0.15, -0.1) is 0 Å². The van der Waals surface area contributed by atoms with Crippen molar-refractivity contribution in [1.29, 1.82) is 0 Å². The molecular formula is C33H34O13. The molecule has 0 aromatic heterocycles. The monoisotopic (exact) mass is 638 g/mol. The van der Waals surface area contributed by atoms with Crippen molar-refractivity contribution in [3.63, 3.8) is 0 Å². The summed E-state index contributed by atoms with van der Waals surface area (Å²) in [5.74, 6) is -2.52. The van der Waals surface area contributed by atoms with Crippen molar-refractivity contribution in [2.24, 2.45) is 11.8 Å². The number of carbonyl (C=O) groups excluding carboxylic acids is 2. The molecule has 1 saturated carbocycles. The van der Waals surface area contributed by atoms with Crippen LogP contribution in [-0.4, -0.2) is 105 Å². The van der Waals surface area contributed by atoms with E-state index in [9.17, 15) is 35.1 Å². The summed E-state index contributed by atoms with van der Waals surface area (Å²) < 4.78 is 33.9. The van der Waals surface area contributed by atoms with Crippen LogP contribution in [0.2, 0.25) is 0 Å². The van der Waals surface area contributed by atoms with Crippen molar-refractivity contribution in [1.82, 2.24) is 0 Å². The van der Waals surface area contributed by atoms with Crippen LogP contribution in [0.15, 0.2) is 79.1 Å². The maximum absolute atomic E-state index is 12.5. The molecule has 11 atom stereocenters. The average Bonchev–Trinajstić information content (AvgIpc) is 3.75. The lowest BCUT2D eigenvalue weighted by molar-refractivity contribution is -0.344. The van der Waals surface area contributed by atoms with Crippen LogP contribution in [0.25, 0.3) is 12.2 Å². The summed E-state index contributed by atoms with van der Waals surface area (Å²) in [6.45, 7) is -0.697. The minimum absolute atomic E-state index is 0.0741. The first-order valence-electron chi connectivity index (χ1n) is 14.7. The summed E-state index contributed by atoms with van der Waals surface area (Å²) in [6.07, 6.45) is -2.23. The number of ether oxygens (including phenoxy) is 6. The first-order chi connectivity index (χ1) is 22.2. The number of aromatic hydroxyl groups is 1. The molecule has 6 rings (SSSR count). The summed E-state index contributed by atoms with van der Waals surface area (Å²) >= 11 is 0. The van der Waals surface area contributed by atoms with Crippen molar-refractivity contribution < 1.29 is 63.5 Å². The smallest absolute Gasteiger partial charge is 0.330 e. The fourth-order valence-electron chi connectivity index (χ4n) is 6.06. The van der Waals surface area contributed by atoms with E-state index in [2.05, 4.69) is 0 Å². The van der Waals surface area contributed by atoms with Crippen LogP contribution in [-0.2, 0) is 38.0 Å². The second-order valence-electron chi connectivity index (χ2n) is 11.5. The molecule has 0 bridgehead atoms. The van der Waals surface area contributed by atoms with Crippen molar-refractivity contribution in [3.05, 3.63) is 90.2 Å². The second-order valence-corrected chi connectivity index (χ2v) is 11.5. The SMILES string of the molecule is O=C(C=Cc1ccc(O)cc1)OCC1OC(OC2OC=CC3C(O)C4OC4(COC(=O)C=Cc4ccccc4)C23)C(O)C(O)C1O.